The summed E-state index contributed by atoms with van der Waals surface area (Å²) in [5.74, 6) is 0.199. The van der Waals surface area contributed by atoms with Crippen LogP contribution >= 0.6 is 0 Å². The number of carbonyl (C=O) groups is 2. The van der Waals surface area contributed by atoms with Gasteiger partial charge in [0.1, 0.15) is 0 Å². The number of aryl methyl sites for hydroxylation is 1. The average molecular weight is 322 g/mol. The number of benzene rings is 2. The molecule has 1 aliphatic rings. The molecule has 1 heterocycles. The molecule has 0 saturated carbocycles. The summed E-state index contributed by atoms with van der Waals surface area (Å²) in [4.78, 5) is 26.6. The first-order valence-corrected chi connectivity index (χ1v) is 8.35. The van der Waals surface area contributed by atoms with E-state index >= 15 is 0 Å². The van der Waals surface area contributed by atoms with Crippen LogP contribution in [0.5, 0.6) is 0 Å². The number of urea groups is 1. The Kier molecular flexibility index (Phi) is 4.94. The third kappa shape index (κ3) is 3.82. The third-order valence-corrected chi connectivity index (χ3v) is 4.51. The third-order valence-electron chi connectivity index (χ3n) is 4.51. The van der Waals surface area contributed by atoms with E-state index in [0.29, 0.717) is 13.1 Å². The number of nitrogens with one attached hydrogen (secondary N) is 1. The van der Waals surface area contributed by atoms with E-state index in [1.165, 1.54) is 0 Å². The van der Waals surface area contributed by atoms with Gasteiger partial charge in [0.2, 0.25) is 0 Å². The molecular weight excluding hydrogens is 300 g/mol. The minimum Gasteiger partial charge on any atom is -0.324 e. The Morgan fingerprint density at radius 3 is 2.21 bits per heavy atom. The second-order valence-electron chi connectivity index (χ2n) is 6.29. The van der Waals surface area contributed by atoms with Crippen LogP contribution in [0.15, 0.2) is 54.6 Å². The summed E-state index contributed by atoms with van der Waals surface area (Å²) < 4.78 is 0. The topological polar surface area (TPSA) is 49.4 Å². The predicted molar refractivity (Wildman–Crippen MR) is 95.3 cm³/mol. The Balaban J connectivity index is 1.54. The average Bonchev–Trinajstić information content (AvgIpc) is 2.64. The molecule has 2 aromatic carbocycles. The molecule has 0 bridgehead atoms. The molecule has 1 N–H and O–H groups in total. The van der Waals surface area contributed by atoms with Crippen molar-refractivity contribution in [3.63, 3.8) is 0 Å². The highest BCUT2D eigenvalue weighted by atomic mass is 16.2. The van der Waals surface area contributed by atoms with Crippen molar-refractivity contribution in [3.8, 4) is 0 Å². The lowest BCUT2D eigenvalue weighted by molar-refractivity contribution is 0.0859. The number of hydrogen-bond acceptors (Lipinski definition) is 2. The maximum atomic E-state index is 12.5. The molecule has 0 aromatic heterocycles. The lowest BCUT2D eigenvalue weighted by Gasteiger charge is -2.31. The first kappa shape index (κ1) is 16.2. The van der Waals surface area contributed by atoms with Crippen molar-refractivity contribution in [2.24, 2.45) is 5.92 Å². The normalized spacial score (nSPS) is 15.1. The van der Waals surface area contributed by atoms with E-state index in [4.69, 9.17) is 0 Å². The van der Waals surface area contributed by atoms with Gasteiger partial charge in [0.05, 0.1) is 0 Å². The molecule has 2 aromatic rings. The molecule has 0 radical (unpaired) electrons. The Bertz CT molecular complexity index is 702. The van der Waals surface area contributed by atoms with Crippen LogP contribution in [0.1, 0.15) is 28.8 Å². The van der Waals surface area contributed by atoms with Crippen molar-refractivity contribution in [2.75, 3.05) is 18.4 Å². The summed E-state index contributed by atoms with van der Waals surface area (Å²) in [6.07, 6.45) is 1.43. The number of ketones is 1. The van der Waals surface area contributed by atoms with Gasteiger partial charge in [-0.1, -0.05) is 48.0 Å². The molecule has 2 amide bonds. The fourth-order valence-electron chi connectivity index (χ4n) is 3.02. The van der Waals surface area contributed by atoms with Gasteiger partial charge in [-0.25, -0.2) is 4.79 Å². The molecule has 124 valence electrons. The molecule has 1 saturated heterocycles. The fourth-order valence-corrected chi connectivity index (χ4v) is 3.02. The van der Waals surface area contributed by atoms with Crippen LogP contribution in [-0.4, -0.2) is 29.8 Å². The van der Waals surface area contributed by atoms with Crippen LogP contribution in [0.3, 0.4) is 0 Å². The molecule has 1 fully saturated rings. The second-order valence-corrected chi connectivity index (χ2v) is 6.29. The molecule has 0 spiro atoms. The number of piperidine rings is 1. The van der Waals surface area contributed by atoms with E-state index in [2.05, 4.69) is 5.32 Å². The van der Waals surface area contributed by atoms with Crippen molar-refractivity contribution in [1.82, 2.24) is 4.90 Å². The Morgan fingerprint density at radius 1 is 0.958 bits per heavy atom. The SMILES string of the molecule is Cc1ccc(NC(=O)N2CCC(C(=O)c3ccccc3)CC2)cc1. The molecule has 0 unspecified atom stereocenters. The zero-order chi connectivity index (χ0) is 16.9. The van der Waals surface area contributed by atoms with Crippen molar-refractivity contribution < 1.29 is 9.59 Å². The number of amides is 2. The fraction of sp³-hybridized carbons (Fsp3) is 0.300. The summed E-state index contributed by atoms with van der Waals surface area (Å²) in [6, 6.07) is 17.1. The highest BCUT2D eigenvalue weighted by Crippen LogP contribution is 2.22. The summed E-state index contributed by atoms with van der Waals surface area (Å²) in [5, 5.41) is 2.92. The van der Waals surface area contributed by atoms with Crippen LogP contribution in [0, 0.1) is 12.8 Å². The minimum absolute atomic E-state index is 0.0100. The number of hydrogen-bond donors (Lipinski definition) is 1. The van der Waals surface area contributed by atoms with Gasteiger partial charge in [0, 0.05) is 30.3 Å². The van der Waals surface area contributed by atoms with E-state index in [0.717, 1.165) is 29.7 Å². The first-order valence-electron chi connectivity index (χ1n) is 8.35. The Labute approximate surface area is 142 Å². The largest absolute Gasteiger partial charge is 0.324 e. The molecule has 4 nitrogen and oxygen atoms in total. The number of nitrogens with zero attached hydrogens (tertiary/aromatic N) is 1. The summed E-state index contributed by atoms with van der Waals surface area (Å²) in [5.41, 5.74) is 2.72. The number of anilines is 1. The lowest BCUT2D eigenvalue weighted by atomic mass is 9.89. The summed E-state index contributed by atoms with van der Waals surface area (Å²) >= 11 is 0. The predicted octanol–water partition coefficient (Wildman–Crippen LogP) is 4.12. The van der Waals surface area contributed by atoms with E-state index in [-0.39, 0.29) is 17.7 Å². The molecule has 3 rings (SSSR count). The number of likely N-dealkylation sites (tertiary alicyclic amines) is 1. The molecule has 1 aliphatic heterocycles. The van der Waals surface area contributed by atoms with Gasteiger partial charge in [0.25, 0.3) is 0 Å². The van der Waals surface area contributed by atoms with Gasteiger partial charge in [0.15, 0.2) is 5.78 Å². The monoisotopic (exact) mass is 322 g/mol. The van der Waals surface area contributed by atoms with Crippen LogP contribution in [0.25, 0.3) is 0 Å². The van der Waals surface area contributed by atoms with Crippen LogP contribution in [0.2, 0.25) is 0 Å². The van der Waals surface area contributed by atoms with Crippen LogP contribution in [-0.2, 0) is 0 Å². The van der Waals surface area contributed by atoms with Crippen LogP contribution < -0.4 is 5.32 Å². The zero-order valence-corrected chi connectivity index (χ0v) is 13.9. The van der Waals surface area contributed by atoms with E-state index in [1.54, 1.807) is 4.90 Å². The summed E-state index contributed by atoms with van der Waals surface area (Å²) in [6.45, 7) is 3.24. The minimum atomic E-state index is -0.0931. The Morgan fingerprint density at radius 2 is 1.58 bits per heavy atom. The first-order chi connectivity index (χ1) is 11.6. The van der Waals surface area contributed by atoms with Crippen molar-refractivity contribution in [2.45, 2.75) is 19.8 Å². The van der Waals surface area contributed by atoms with Gasteiger partial charge in [-0.05, 0) is 31.9 Å². The molecular formula is C20H22N2O2. The lowest BCUT2D eigenvalue weighted by Crippen LogP contribution is -2.42. The highest BCUT2D eigenvalue weighted by molar-refractivity contribution is 5.98. The maximum absolute atomic E-state index is 12.5. The van der Waals surface area contributed by atoms with Gasteiger partial charge < -0.3 is 10.2 Å². The van der Waals surface area contributed by atoms with E-state index in [9.17, 15) is 9.59 Å². The highest BCUT2D eigenvalue weighted by Gasteiger charge is 2.27. The van der Waals surface area contributed by atoms with Gasteiger partial charge in [-0.15, -0.1) is 0 Å². The number of rotatable bonds is 3. The maximum Gasteiger partial charge on any atom is 0.321 e. The van der Waals surface area contributed by atoms with Gasteiger partial charge in [-0.3, -0.25) is 4.79 Å². The molecule has 0 aliphatic carbocycles. The van der Waals surface area contributed by atoms with Gasteiger partial charge in [-0.2, -0.15) is 0 Å². The standard InChI is InChI=1S/C20H22N2O2/c1-15-7-9-18(10-8-15)21-20(24)22-13-11-17(12-14-22)19(23)16-5-3-2-4-6-16/h2-10,17H,11-14H2,1H3,(H,21,24). The van der Waals surface area contributed by atoms with E-state index < -0.39 is 0 Å². The molecule has 4 heteroatoms. The van der Waals surface area contributed by atoms with Crippen molar-refractivity contribution >= 4 is 17.5 Å². The smallest absolute Gasteiger partial charge is 0.321 e. The summed E-state index contributed by atoms with van der Waals surface area (Å²) in [7, 11) is 0. The van der Waals surface area contributed by atoms with Crippen molar-refractivity contribution in [3.05, 3.63) is 65.7 Å². The second kappa shape index (κ2) is 7.30. The van der Waals surface area contributed by atoms with Crippen molar-refractivity contribution in [1.29, 1.82) is 0 Å². The Hall–Kier alpha value is -2.62. The molecule has 24 heavy (non-hydrogen) atoms. The number of Topliss-reactive ketones (excluding diaryl/α,β-unsaturated/α-hetero) is 1. The van der Waals surface area contributed by atoms with Gasteiger partial charge >= 0.3 is 6.03 Å². The number of carbonyl (C=O) groups excluding carboxylic acids is 2. The van der Waals surface area contributed by atoms with E-state index in [1.807, 2.05) is 61.5 Å². The van der Waals surface area contributed by atoms with Crippen LogP contribution in [0.4, 0.5) is 10.5 Å². The molecule has 0 atom stereocenters. The zero-order valence-electron chi connectivity index (χ0n) is 13.9. The quantitative estimate of drug-likeness (QED) is 0.864.